The second-order valence-corrected chi connectivity index (χ2v) is 3.02. The van der Waals surface area contributed by atoms with Crippen molar-refractivity contribution in [3.63, 3.8) is 0 Å². The minimum absolute atomic E-state index is 0.0137. The van der Waals surface area contributed by atoms with Gasteiger partial charge < -0.3 is 0 Å². The molecule has 0 amide bonds. The van der Waals surface area contributed by atoms with Crippen molar-refractivity contribution < 1.29 is 9.59 Å². The maximum Gasteiger partial charge on any atom is 0.193 e. The molecule has 12 heavy (non-hydrogen) atoms. The molecule has 1 aromatic rings. The molecule has 60 valence electrons. The highest BCUT2D eigenvalue weighted by Gasteiger charge is 2.05. The van der Waals surface area contributed by atoms with E-state index in [4.69, 9.17) is 0 Å². The topological polar surface area (TPSA) is 34.1 Å². The minimum atomic E-state index is -0.0137. The Morgan fingerprint density at radius 2 is 2.42 bits per heavy atom. The molecule has 0 aliphatic rings. The van der Waals surface area contributed by atoms with Crippen LogP contribution in [0.25, 0.3) is 0 Å². The van der Waals surface area contributed by atoms with Crippen LogP contribution in [0.4, 0.5) is 0 Å². The van der Waals surface area contributed by atoms with Gasteiger partial charge >= 0.3 is 0 Å². The van der Waals surface area contributed by atoms with Gasteiger partial charge in [-0.1, -0.05) is 5.92 Å². The van der Waals surface area contributed by atoms with Crippen LogP contribution < -0.4 is 0 Å². The van der Waals surface area contributed by atoms with Crippen LogP contribution >= 0.6 is 11.3 Å². The van der Waals surface area contributed by atoms with Crippen molar-refractivity contribution in [2.45, 2.75) is 6.92 Å². The Morgan fingerprint density at radius 3 is 3.00 bits per heavy atom. The van der Waals surface area contributed by atoms with Gasteiger partial charge in [-0.25, -0.2) is 0 Å². The van der Waals surface area contributed by atoms with Crippen LogP contribution in [-0.2, 0) is 4.79 Å². The number of hydrogen-bond acceptors (Lipinski definition) is 3. The number of aldehydes is 1. The molecule has 1 aromatic heterocycles. The lowest BCUT2D eigenvalue weighted by Gasteiger charge is -1.87. The van der Waals surface area contributed by atoms with E-state index in [1.807, 2.05) is 0 Å². The molecule has 0 spiro atoms. The van der Waals surface area contributed by atoms with E-state index in [-0.39, 0.29) is 5.78 Å². The van der Waals surface area contributed by atoms with Gasteiger partial charge in [-0.15, -0.1) is 11.3 Å². The largest absolute Gasteiger partial charge is 0.294 e. The first kappa shape index (κ1) is 8.69. The molecule has 0 bridgehead atoms. The number of thiophene rings is 1. The Labute approximate surface area is 74.2 Å². The molecule has 3 heteroatoms. The van der Waals surface area contributed by atoms with Crippen molar-refractivity contribution in [2.24, 2.45) is 0 Å². The summed E-state index contributed by atoms with van der Waals surface area (Å²) in [6.07, 6.45) is 0.515. The molecule has 0 fully saturated rings. The van der Waals surface area contributed by atoms with Gasteiger partial charge in [-0.3, -0.25) is 9.59 Å². The molecular formula is C9H6O2S. The number of carbonyl (C=O) groups excluding carboxylic acids is 2. The molecule has 0 N–H and O–H groups in total. The number of carbonyl (C=O) groups is 2. The molecule has 0 saturated carbocycles. The number of hydrogen-bond donors (Lipinski definition) is 0. The molecule has 0 aliphatic carbocycles. The minimum Gasteiger partial charge on any atom is -0.294 e. The van der Waals surface area contributed by atoms with E-state index in [0.717, 1.165) is 0 Å². The molecule has 1 rings (SSSR count). The monoisotopic (exact) mass is 178 g/mol. The van der Waals surface area contributed by atoms with Crippen molar-refractivity contribution in [2.75, 3.05) is 0 Å². The van der Waals surface area contributed by atoms with Crippen LogP contribution in [0.3, 0.4) is 0 Å². The summed E-state index contributed by atoms with van der Waals surface area (Å²) in [5.74, 6) is 4.85. The normalized spacial score (nSPS) is 8.42. The zero-order valence-electron chi connectivity index (χ0n) is 6.46. The lowest BCUT2D eigenvalue weighted by atomic mass is 10.2. The molecule has 0 saturated heterocycles. The summed E-state index contributed by atoms with van der Waals surface area (Å²) in [5.41, 5.74) is 0.639. The predicted octanol–water partition coefficient (Wildman–Crippen LogP) is 1.50. The third-order valence-corrected chi connectivity index (χ3v) is 2.27. The third kappa shape index (κ3) is 1.80. The van der Waals surface area contributed by atoms with Gasteiger partial charge in [0.1, 0.15) is 0 Å². The molecule has 0 radical (unpaired) electrons. The first-order valence-electron chi connectivity index (χ1n) is 3.29. The highest BCUT2D eigenvalue weighted by molar-refractivity contribution is 7.12. The smallest absolute Gasteiger partial charge is 0.193 e. The van der Waals surface area contributed by atoms with Crippen LogP contribution in [0.5, 0.6) is 0 Å². The lowest BCUT2D eigenvalue weighted by molar-refractivity contribution is -0.103. The zero-order chi connectivity index (χ0) is 8.97. The summed E-state index contributed by atoms with van der Waals surface area (Å²) in [7, 11) is 0. The maximum atomic E-state index is 10.9. The molecule has 0 aromatic carbocycles. The van der Waals surface area contributed by atoms with E-state index in [1.54, 1.807) is 11.4 Å². The van der Waals surface area contributed by atoms with Crippen LogP contribution in [0, 0.1) is 11.8 Å². The number of ketones is 1. The number of Topliss-reactive ketones (excluding diaryl/α,β-unsaturated/α-hetero) is 1. The average Bonchev–Trinajstić information content (AvgIpc) is 2.48. The molecule has 1 heterocycles. The molecule has 2 nitrogen and oxygen atoms in total. The van der Waals surface area contributed by atoms with Crippen LogP contribution in [0.1, 0.15) is 22.2 Å². The molecule has 0 atom stereocenters. The quantitative estimate of drug-likeness (QED) is 0.371. The predicted molar refractivity (Wildman–Crippen MR) is 47.3 cm³/mol. The standard InChI is InChI=1S/C9H6O2S/c1-7(11)9-8(3-2-5-10)4-6-12-9/h4-6H,1H3. The molecular weight excluding hydrogens is 172 g/mol. The van der Waals surface area contributed by atoms with Crippen molar-refractivity contribution in [3.05, 3.63) is 21.9 Å². The van der Waals surface area contributed by atoms with E-state index in [9.17, 15) is 9.59 Å². The Bertz CT molecular complexity index is 365. The van der Waals surface area contributed by atoms with Crippen molar-refractivity contribution in [1.82, 2.24) is 0 Å². The summed E-state index contributed by atoms with van der Waals surface area (Å²) >= 11 is 1.34. The Hall–Kier alpha value is -1.40. The van der Waals surface area contributed by atoms with E-state index in [2.05, 4.69) is 11.8 Å². The summed E-state index contributed by atoms with van der Waals surface area (Å²) in [6, 6.07) is 1.73. The summed E-state index contributed by atoms with van der Waals surface area (Å²) < 4.78 is 0. The highest BCUT2D eigenvalue weighted by atomic mass is 32.1. The Balaban J connectivity index is 3.07. The van der Waals surface area contributed by atoms with Crippen LogP contribution in [0.15, 0.2) is 11.4 Å². The summed E-state index contributed by atoms with van der Waals surface area (Å²) in [6.45, 7) is 1.48. The highest BCUT2D eigenvalue weighted by Crippen LogP contribution is 2.15. The first-order valence-corrected chi connectivity index (χ1v) is 4.17. The number of rotatable bonds is 1. The Morgan fingerprint density at radius 1 is 1.67 bits per heavy atom. The zero-order valence-corrected chi connectivity index (χ0v) is 7.27. The summed E-state index contributed by atoms with van der Waals surface area (Å²) in [5, 5.41) is 1.78. The van der Waals surface area contributed by atoms with Crippen molar-refractivity contribution in [3.8, 4) is 11.8 Å². The van der Waals surface area contributed by atoms with E-state index in [0.29, 0.717) is 16.7 Å². The van der Waals surface area contributed by atoms with E-state index in [1.165, 1.54) is 18.3 Å². The molecule has 0 aliphatic heterocycles. The fourth-order valence-electron chi connectivity index (χ4n) is 0.788. The van der Waals surface area contributed by atoms with Crippen LogP contribution in [0.2, 0.25) is 0 Å². The Kier molecular flexibility index (Phi) is 2.78. The van der Waals surface area contributed by atoms with Crippen LogP contribution in [-0.4, -0.2) is 12.1 Å². The van der Waals surface area contributed by atoms with Crippen molar-refractivity contribution >= 4 is 23.4 Å². The summed E-state index contributed by atoms with van der Waals surface area (Å²) in [4.78, 5) is 21.5. The fourth-order valence-corrected chi connectivity index (χ4v) is 1.54. The lowest BCUT2D eigenvalue weighted by Crippen LogP contribution is -1.89. The third-order valence-electron chi connectivity index (χ3n) is 1.25. The van der Waals surface area contributed by atoms with Gasteiger partial charge in [0.25, 0.3) is 0 Å². The van der Waals surface area contributed by atoms with Gasteiger partial charge in [-0.2, -0.15) is 0 Å². The van der Waals surface area contributed by atoms with E-state index < -0.39 is 0 Å². The van der Waals surface area contributed by atoms with Gasteiger partial charge in [0.15, 0.2) is 12.1 Å². The first-order chi connectivity index (χ1) is 5.75. The van der Waals surface area contributed by atoms with Gasteiger partial charge in [-0.05, 0) is 24.3 Å². The fraction of sp³-hybridized carbons (Fsp3) is 0.111. The average molecular weight is 178 g/mol. The van der Waals surface area contributed by atoms with Crippen molar-refractivity contribution in [1.29, 1.82) is 0 Å². The second-order valence-electron chi connectivity index (χ2n) is 2.11. The second kappa shape index (κ2) is 3.84. The SMILES string of the molecule is CC(=O)c1sccc1C#CC=O. The maximum absolute atomic E-state index is 10.9. The molecule has 0 unspecified atom stereocenters. The van der Waals surface area contributed by atoms with Gasteiger partial charge in [0, 0.05) is 5.56 Å². The van der Waals surface area contributed by atoms with Gasteiger partial charge in [0.05, 0.1) is 4.88 Å². The van der Waals surface area contributed by atoms with E-state index >= 15 is 0 Å². The van der Waals surface area contributed by atoms with Gasteiger partial charge in [0.2, 0.25) is 0 Å².